The molecule has 0 N–H and O–H groups in total. The van der Waals surface area contributed by atoms with E-state index in [1.165, 1.54) is 0 Å². The predicted octanol–water partition coefficient (Wildman–Crippen LogP) is 2.38. The van der Waals surface area contributed by atoms with Crippen LogP contribution in [0.5, 0.6) is 0 Å². The predicted molar refractivity (Wildman–Crippen MR) is 56.6 cm³/mol. The van der Waals surface area contributed by atoms with Gasteiger partial charge in [0.2, 0.25) is 0 Å². The first-order valence-electron chi connectivity index (χ1n) is 4.22. The topological polar surface area (TPSA) is 27.1 Å². The lowest BCUT2D eigenvalue weighted by molar-refractivity contribution is -0.174. The number of hydrogen-bond donors (Lipinski definition) is 0. The van der Waals surface area contributed by atoms with Gasteiger partial charge in [0.15, 0.2) is 0 Å². The highest BCUT2D eigenvalue weighted by Gasteiger charge is 2.27. The van der Waals surface area contributed by atoms with E-state index in [1.807, 2.05) is 6.92 Å². The van der Waals surface area contributed by atoms with Crippen LogP contribution in [0.4, 0.5) is 13.2 Å². The van der Waals surface area contributed by atoms with Crippen LogP contribution in [0.15, 0.2) is 6.20 Å². The lowest BCUT2D eigenvalue weighted by atomic mass is 10.4. The average Bonchev–Trinajstić information content (AvgIpc) is 2.39. The second-order valence-electron chi connectivity index (χ2n) is 3.03. The molecule has 0 saturated heterocycles. The quantitative estimate of drug-likeness (QED) is 0.625. The molecule has 0 aliphatic rings. The standard InChI is InChI=1S/C8H10F3IN2O/c1-6-4-14(13-7(6)12)2-3-15-5-8(9,10)11/h4H,2-3,5H2,1H3. The number of ether oxygens (including phenoxy) is 1. The molecule has 1 rings (SSSR count). The average molecular weight is 334 g/mol. The van der Waals surface area contributed by atoms with Crippen LogP contribution in [-0.4, -0.2) is 29.2 Å². The molecule has 1 aromatic heterocycles. The largest absolute Gasteiger partial charge is 0.411 e. The highest BCUT2D eigenvalue weighted by Crippen LogP contribution is 2.14. The van der Waals surface area contributed by atoms with Gasteiger partial charge in [-0.25, -0.2) is 0 Å². The van der Waals surface area contributed by atoms with Crippen molar-refractivity contribution in [3.8, 4) is 0 Å². The van der Waals surface area contributed by atoms with Gasteiger partial charge in [0, 0.05) is 11.8 Å². The van der Waals surface area contributed by atoms with Crippen molar-refractivity contribution in [2.75, 3.05) is 13.2 Å². The number of nitrogens with zero attached hydrogens (tertiary/aromatic N) is 2. The van der Waals surface area contributed by atoms with Crippen LogP contribution in [0.1, 0.15) is 5.56 Å². The van der Waals surface area contributed by atoms with Gasteiger partial charge in [-0.15, -0.1) is 0 Å². The molecule has 0 fully saturated rings. The Balaban J connectivity index is 2.26. The van der Waals surface area contributed by atoms with Crippen molar-refractivity contribution in [2.45, 2.75) is 19.6 Å². The molecule has 0 aliphatic carbocycles. The van der Waals surface area contributed by atoms with E-state index in [4.69, 9.17) is 0 Å². The Morgan fingerprint density at radius 1 is 1.53 bits per heavy atom. The SMILES string of the molecule is Cc1cn(CCOCC(F)(F)F)nc1I. The van der Waals surface area contributed by atoms with E-state index in [-0.39, 0.29) is 6.61 Å². The Bertz CT molecular complexity index is 305. The number of aryl methyl sites for hydroxylation is 1. The van der Waals surface area contributed by atoms with Gasteiger partial charge in [-0.3, -0.25) is 4.68 Å². The molecule has 7 heteroatoms. The van der Waals surface area contributed by atoms with Crippen molar-refractivity contribution in [3.05, 3.63) is 15.5 Å². The van der Waals surface area contributed by atoms with Gasteiger partial charge in [0.1, 0.15) is 10.3 Å². The smallest absolute Gasteiger partial charge is 0.370 e. The first kappa shape index (κ1) is 12.8. The van der Waals surface area contributed by atoms with E-state index >= 15 is 0 Å². The molecule has 1 aromatic rings. The molecule has 15 heavy (non-hydrogen) atoms. The summed E-state index contributed by atoms with van der Waals surface area (Å²) in [7, 11) is 0. The molecule has 0 spiro atoms. The molecule has 0 radical (unpaired) electrons. The van der Waals surface area contributed by atoms with Crippen molar-refractivity contribution in [1.82, 2.24) is 9.78 Å². The summed E-state index contributed by atoms with van der Waals surface area (Å²) in [4.78, 5) is 0. The summed E-state index contributed by atoms with van der Waals surface area (Å²) in [6.07, 6.45) is -2.48. The summed E-state index contributed by atoms with van der Waals surface area (Å²) in [5.41, 5.74) is 1.01. The number of hydrogen-bond acceptors (Lipinski definition) is 2. The number of aromatic nitrogens is 2. The molecule has 0 aliphatic heterocycles. The Morgan fingerprint density at radius 3 is 2.67 bits per heavy atom. The van der Waals surface area contributed by atoms with Crippen molar-refractivity contribution >= 4 is 22.6 Å². The highest BCUT2D eigenvalue weighted by molar-refractivity contribution is 14.1. The second-order valence-corrected chi connectivity index (χ2v) is 4.06. The Hall–Kier alpha value is -0.310. The highest BCUT2D eigenvalue weighted by atomic mass is 127. The zero-order chi connectivity index (χ0) is 11.5. The molecule has 3 nitrogen and oxygen atoms in total. The molecule has 0 atom stereocenters. The lowest BCUT2D eigenvalue weighted by Crippen LogP contribution is -2.19. The Morgan fingerprint density at radius 2 is 2.20 bits per heavy atom. The minimum Gasteiger partial charge on any atom is -0.370 e. The fourth-order valence-electron chi connectivity index (χ4n) is 0.958. The second kappa shape index (κ2) is 5.15. The van der Waals surface area contributed by atoms with Crippen molar-refractivity contribution in [2.24, 2.45) is 0 Å². The number of rotatable bonds is 4. The van der Waals surface area contributed by atoms with E-state index in [2.05, 4.69) is 32.4 Å². The molecule has 0 saturated carbocycles. The molecule has 86 valence electrons. The van der Waals surface area contributed by atoms with Gasteiger partial charge < -0.3 is 4.74 Å². The van der Waals surface area contributed by atoms with Gasteiger partial charge in [-0.1, -0.05) is 0 Å². The third kappa shape index (κ3) is 4.83. The summed E-state index contributed by atoms with van der Waals surface area (Å²) < 4.78 is 42.0. The lowest BCUT2D eigenvalue weighted by Gasteiger charge is -2.07. The van der Waals surface area contributed by atoms with Crippen LogP contribution in [0.3, 0.4) is 0 Å². The van der Waals surface area contributed by atoms with E-state index < -0.39 is 12.8 Å². The number of alkyl halides is 3. The third-order valence-electron chi connectivity index (χ3n) is 1.61. The van der Waals surface area contributed by atoms with Crippen LogP contribution >= 0.6 is 22.6 Å². The summed E-state index contributed by atoms with van der Waals surface area (Å²) in [6, 6.07) is 0. The first-order chi connectivity index (χ1) is 6.88. The maximum Gasteiger partial charge on any atom is 0.411 e. The van der Waals surface area contributed by atoms with E-state index in [0.717, 1.165) is 9.26 Å². The van der Waals surface area contributed by atoms with E-state index in [0.29, 0.717) is 6.54 Å². The Labute approximate surface area is 98.7 Å². The molecular formula is C8H10F3IN2O. The summed E-state index contributed by atoms with van der Waals surface area (Å²) in [6.45, 7) is 1.03. The zero-order valence-corrected chi connectivity index (χ0v) is 10.2. The zero-order valence-electron chi connectivity index (χ0n) is 8.01. The van der Waals surface area contributed by atoms with Crippen LogP contribution < -0.4 is 0 Å². The third-order valence-corrected chi connectivity index (χ3v) is 2.68. The molecule has 0 amide bonds. The van der Waals surface area contributed by atoms with Crippen LogP contribution in [-0.2, 0) is 11.3 Å². The van der Waals surface area contributed by atoms with Gasteiger partial charge in [-0.2, -0.15) is 18.3 Å². The van der Waals surface area contributed by atoms with Gasteiger partial charge in [-0.05, 0) is 29.5 Å². The summed E-state index contributed by atoms with van der Waals surface area (Å²) in [5, 5.41) is 4.09. The molecule has 0 aromatic carbocycles. The van der Waals surface area contributed by atoms with Crippen LogP contribution in [0.25, 0.3) is 0 Å². The van der Waals surface area contributed by atoms with Crippen molar-refractivity contribution in [3.63, 3.8) is 0 Å². The molecular weight excluding hydrogens is 324 g/mol. The van der Waals surface area contributed by atoms with Crippen LogP contribution in [0.2, 0.25) is 0 Å². The first-order valence-corrected chi connectivity index (χ1v) is 5.30. The Kier molecular flexibility index (Phi) is 4.38. The molecule has 0 unspecified atom stereocenters. The van der Waals surface area contributed by atoms with Crippen LogP contribution in [0, 0.1) is 10.6 Å². The van der Waals surface area contributed by atoms with E-state index in [1.54, 1.807) is 10.9 Å². The fraction of sp³-hybridized carbons (Fsp3) is 0.625. The van der Waals surface area contributed by atoms with E-state index in [9.17, 15) is 13.2 Å². The van der Waals surface area contributed by atoms with Gasteiger partial charge >= 0.3 is 6.18 Å². The summed E-state index contributed by atoms with van der Waals surface area (Å²) >= 11 is 2.07. The minimum absolute atomic E-state index is 0.0106. The normalized spacial score (nSPS) is 12.1. The molecule has 1 heterocycles. The maximum absolute atomic E-state index is 11.7. The summed E-state index contributed by atoms with van der Waals surface area (Å²) in [5.74, 6) is 0. The number of halogens is 4. The van der Waals surface area contributed by atoms with Crippen molar-refractivity contribution in [1.29, 1.82) is 0 Å². The minimum atomic E-state index is -4.26. The molecule has 0 bridgehead atoms. The van der Waals surface area contributed by atoms with Gasteiger partial charge in [0.25, 0.3) is 0 Å². The monoisotopic (exact) mass is 334 g/mol. The maximum atomic E-state index is 11.7. The fourth-order valence-corrected chi connectivity index (χ4v) is 1.37. The van der Waals surface area contributed by atoms with Crippen molar-refractivity contribution < 1.29 is 17.9 Å². The van der Waals surface area contributed by atoms with Gasteiger partial charge in [0.05, 0.1) is 13.2 Å².